The number of rotatable bonds is 7. The van der Waals surface area contributed by atoms with Gasteiger partial charge in [0.25, 0.3) is 0 Å². The highest BCUT2D eigenvalue weighted by molar-refractivity contribution is 7.99. The van der Waals surface area contributed by atoms with Crippen LogP contribution in [0.4, 0.5) is 5.69 Å². The predicted molar refractivity (Wildman–Crippen MR) is 123 cm³/mol. The molecule has 0 saturated carbocycles. The summed E-state index contributed by atoms with van der Waals surface area (Å²) in [5.41, 5.74) is 2.13. The van der Waals surface area contributed by atoms with Crippen molar-refractivity contribution < 1.29 is 14.3 Å². The number of ether oxygens (including phenoxy) is 1. The minimum Gasteiger partial charge on any atom is -0.462 e. The second-order valence-corrected chi connectivity index (χ2v) is 8.01. The minimum absolute atomic E-state index is 0.105. The number of aromatic nitrogens is 4. The van der Waals surface area contributed by atoms with Crippen molar-refractivity contribution >= 4 is 46.6 Å². The quantitative estimate of drug-likeness (QED) is 0.318. The number of hydrogen-bond donors (Lipinski definition) is 1. The second-order valence-electron chi connectivity index (χ2n) is 6.57. The van der Waals surface area contributed by atoms with E-state index in [2.05, 4.69) is 20.6 Å². The summed E-state index contributed by atoms with van der Waals surface area (Å²) in [7, 11) is 0. The molecule has 0 spiro atoms. The molecule has 0 saturated heterocycles. The third-order valence-corrected chi connectivity index (χ3v) is 5.56. The fraction of sp³-hybridized carbons (Fsp3) is 0.136. The normalized spacial score (nSPS) is 10.8. The molecular weight excluding hydrogens is 450 g/mol. The molecule has 8 nitrogen and oxygen atoms in total. The van der Waals surface area contributed by atoms with E-state index in [1.54, 1.807) is 60.0 Å². The van der Waals surface area contributed by atoms with Crippen LogP contribution < -0.4 is 5.32 Å². The number of esters is 1. The van der Waals surface area contributed by atoms with Crippen LogP contribution in [0.2, 0.25) is 5.02 Å². The fourth-order valence-corrected chi connectivity index (χ4v) is 3.71. The summed E-state index contributed by atoms with van der Waals surface area (Å²) in [6.07, 6.45) is 0. The lowest BCUT2D eigenvalue weighted by molar-refractivity contribution is -0.113. The lowest BCUT2D eigenvalue weighted by atomic mass is 10.2. The van der Waals surface area contributed by atoms with E-state index in [1.165, 1.54) is 11.8 Å². The van der Waals surface area contributed by atoms with Gasteiger partial charge < -0.3 is 10.1 Å². The van der Waals surface area contributed by atoms with Crippen molar-refractivity contribution in [2.24, 2.45) is 0 Å². The van der Waals surface area contributed by atoms with E-state index in [1.807, 2.05) is 12.1 Å². The molecule has 162 valence electrons. The van der Waals surface area contributed by atoms with Crippen molar-refractivity contribution in [3.05, 3.63) is 71.2 Å². The number of amides is 1. The third kappa shape index (κ3) is 4.90. The Morgan fingerprint density at radius 3 is 2.62 bits per heavy atom. The standard InChI is InChI=1S/C22H18ClN5O3S/c1-2-31-22(30)16-5-3-4-6-17(16)24-19(29)13-32-20-12-11-18-25-26-21(28(18)27-20)14-7-9-15(23)10-8-14/h3-12H,2,13H2,1H3,(H,24,29). The van der Waals surface area contributed by atoms with Gasteiger partial charge in [0, 0.05) is 10.6 Å². The maximum Gasteiger partial charge on any atom is 0.340 e. The van der Waals surface area contributed by atoms with Gasteiger partial charge in [-0.2, -0.15) is 9.61 Å². The average Bonchev–Trinajstić information content (AvgIpc) is 3.22. The number of thioether (sulfide) groups is 1. The molecule has 4 aromatic rings. The molecule has 0 aliphatic heterocycles. The van der Waals surface area contributed by atoms with E-state index in [9.17, 15) is 9.59 Å². The number of carbonyl (C=O) groups excluding carboxylic acids is 2. The molecule has 0 fully saturated rings. The summed E-state index contributed by atoms with van der Waals surface area (Å²) >= 11 is 7.22. The predicted octanol–water partition coefficient (Wildman–Crippen LogP) is 4.35. The Kier molecular flexibility index (Phi) is 6.67. The molecule has 2 aromatic heterocycles. The molecule has 32 heavy (non-hydrogen) atoms. The molecule has 2 heterocycles. The number of anilines is 1. The summed E-state index contributed by atoms with van der Waals surface area (Å²) in [5, 5.41) is 16.9. The zero-order valence-corrected chi connectivity index (χ0v) is 18.6. The Balaban J connectivity index is 1.47. The van der Waals surface area contributed by atoms with Crippen LogP contribution in [-0.4, -0.2) is 44.0 Å². The van der Waals surface area contributed by atoms with Crippen LogP contribution in [0.15, 0.2) is 65.7 Å². The van der Waals surface area contributed by atoms with Gasteiger partial charge in [0.2, 0.25) is 5.91 Å². The number of para-hydroxylation sites is 1. The van der Waals surface area contributed by atoms with Crippen LogP contribution in [0.25, 0.3) is 17.0 Å². The summed E-state index contributed by atoms with van der Waals surface area (Å²) in [5.74, 6) is -0.0681. The molecule has 0 radical (unpaired) electrons. The lowest BCUT2D eigenvalue weighted by Crippen LogP contribution is -2.17. The maximum atomic E-state index is 12.5. The third-order valence-electron chi connectivity index (χ3n) is 4.39. The monoisotopic (exact) mass is 467 g/mol. The molecule has 2 aromatic carbocycles. The van der Waals surface area contributed by atoms with Crippen molar-refractivity contribution in [3.63, 3.8) is 0 Å². The van der Waals surface area contributed by atoms with Gasteiger partial charge in [-0.25, -0.2) is 4.79 Å². The SMILES string of the molecule is CCOC(=O)c1ccccc1NC(=O)CSc1ccc2nnc(-c3ccc(Cl)cc3)n2n1. The van der Waals surface area contributed by atoms with Crippen molar-refractivity contribution in [1.82, 2.24) is 19.8 Å². The molecule has 0 atom stereocenters. The fourth-order valence-electron chi connectivity index (χ4n) is 2.93. The van der Waals surface area contributed by atoms with E-state index in [-0.39, 0.29) is 18.3 Å². The van der Waals surface area contributed by atoms with E-state index in [0.29, 0.717) is 32.8 Å². The highest BCUT2D eigenvalue weighted by Crippen LogP contribution is 2.23. The van der Waals surface area contributed by atoms with Crippen molar-refractivity contribution in [1.29, 1.82) is 0 Å². The number of hydrogen-bond acceptors (Lipinski definition) is 7. The Hall–Kier alpha value is -3.43. The molecule has 0 aliphatic rings. The molecule has 0 bridgehead atoms. The number of carbonyl (C=O) groups is 2. The summed E-state index contributed by atoms with van der Waals surface area (Å²) in [6.45, 7) is 1.99. The van der Waals surface area contributed by atoms with Gasteiger partial charge in [-0.1, -0.05) is 35.5 Å². The van der Waals surface area contributed by atoms with E-state index in [0.717, 1.165) is 5.56 Å². The molecule has 4 rings (SSSR count). The highest BCUT2D eigenvalue weighted by Gasteiger charge is 2.15. The van der Waals surface area contributed by atoms with Crippen molar-refractivity contribution in [2.45, 2.75) is 11.9 Å². The number of halogens is 1. The largest absolute Gasteiger partial charge is 0.462 e. The second kappa shape index (κ2) is 9.80. The smallest absolute Gasteiger partial charge is 0.340 e. The summed E-state index contributed by atoms with van der Waals surface area (Å²) in [4.78, 5) is 24.6. The van der Waals surface area contributed by atoms with E-state index in [4.69, 9.17) is 16.3 Å². The van der Waals surface area contributed by atoms with Crippen LogP contribution in [0.1, 0.15) is 17.3 Å². The highest BCUT2D eigenvalue weighted by atomic mass is 35.5. The minimum atomic E-state index is -0.481. The molecule has 10 heteroatoms. The number of fused-ring (bicyclic) bond motifs is 1. The lowest BCUT2D eigenvalue weighted by Gasteiger charge is -2.10. The van der Waals surface area contributed by atoms with Gasteiger partial charge in [0.15, 0.2) is 11.5 Å². The van der Waals surface area contributed by atoms with Gasteiger partial charge >= 0.3 is 5.97 Å². The Morgan fingerprint density at radius 1 is 1.06 bits per heavy atom. The Morgan fingerprint density at radius 2 is 1.84 bits per heavy atom. The van der Waals surface area contributed by atoms with Gasteiger partial charge in [0.05, 0.1) is 23.6 Å². The first-order chi connectivity index (χ1) is 15.5. The van der Waals surface area contributed by atoms with E-state index >= 15 is 0 Å². The molecule has 0 aliphatic carbocycles. The van der Waals surface area contributed by atoms with Crippen LogP contribution in [-0.2, 0) is 9.53 Å². The number of nitrogens with zero attached hydrogens (tertiary/aromatic N) is 4. The Bertz CT molecular complexity index is 1280. The van der Waals surface area contributed by atoms with Crippen molar-refractivity contribution in [3.8, 4) is 11.4 Å². The first-order valence-corrected chi connectivity index (χ1v) is 11.1. The molecular formula is C22H18ClN5O3S. The van der Waals surface area contributed by atoms with Crippen LogP contribution in [0, 0.1) is 0 Å². The summed E-state index contributed by atoms with van der Waals surface area (Å²) < 4.78 is 6.66. The number of benzene rings is 2. The zero-order valence-electron chi connectivity index (χ0n) is 17.0. The average molecular weight is 468 g/mol. The Labute approximate surface area is 192 Å². The van der Waals surface area contributed by atoms with Crippen LogP contribution >= 0.6 is 23.4 Å². The first-order valence-electron chi connectivity index (χ1n) is 9.72. The maximum absolute atomic E-state index is 12.5. The van der Waals surface area contributed by atoms with Gasteiger partial charge in [-0.05, 0) is 55.5 Å². The van der Waals surface area contributed by atoms with Gasteiger partial charge in [-0.15, -0.1) is 10.2 Å². The molecule has 1 amide bonds. The molecule has 0 unspecified atom stereocenters. The van der Waals surface area contributed by atoms with Crippen LogP contribution in [0.5, 0.6) is 0 Å². The van der Waals surface area contributed by atoms with Crippen LogP contribution in [0.3, 0.4) is 0 Å². The number of nitrogens with one attached hydrogen (secondary N) is 1. The summed E-state index contributed by atoms with van der Waals surface area (Å²) in [6, 6.07) is 17.5. The molecule has 1 N–H and O–H groups in total. The van der Waals surface area contributed by atoms with Gasteiger partial charge in [0.1, 0.15) is 5.03 Å². The first kappa shape index (κ1) is 21.8. The zero-order chi connectivity index (χ0) is 22.5. The van der Waals surface area contributed by atoms with Gasteiger partial charge in [-0.3, -0.25) is 4.79 Å². The van der Waals surface area contributed by atoms with Crippen molar-refractivity contribution in [2.75, 3.05) is 17.7 Å². The topological polar surface area (TPSA) is 98.5 Å². The van der Waals surface area contributed by atoms with E-state index < -0.39 is 5.97 Å².